The Bertz CT molecular complexity index is 1060. The van der Waals surface area contributed by atoms with Crippen molar-refractivity contribution in [3.05, 3.63) is 82.5 Å². The predicted octanol–water partition coefficient (Wildman–Crippen LogP) is 5.28. The van der Waals surface area contributed by atoms with Crippen LogP contribution in [0.2, 0.25) is 5.02 Å². The molecule has 0 bridgehead atoms. The summed E-state index contributed by atoms with van der Waals surface area (Å²) in [5, 5.41) is 0.181. The molecule has 0 amide bonds. The van der Waals surface area contributed by atoms with Gasteiger partial charge in [-0.2, -0.15) is 0 Å². The smallest absolute Gasteiger partial charge is 0.231 e. The number of carbonyl (C=O) groups is 1. The maximum Gasteiger partial charge on any atom is 0.231 e. The lowest BCUT2D eigenvalue weighted by molar-refractivity contribution is 0.104. The zero-order valence-electron chi connectivity index (χ0n) is 14.5. The Labute approximate surface area is 164 Å². The molecule has 0 saturated heterocycles. The van der Waals surface area contributed by atoms with Gasteiger partial charge in [0, 0.05) is 5.56 Å². The highest BCUT2D eigenvalue weighted by atomic mass is 35.5. The van der Waals surface area contributed by atoms with Gasteiger partial charge in [-0.25, -0.2) is 4.39 Å². The molecule has 0 aliphatic carbocycles. The summed E-state index contributed by atoms with van der Waals surface area (Å²) in [7, 11) is 0. The zero-order valence-corrected chi connectivity index (χ0v) is 15.2. The van der Waals surface area contributed by atoms with E-state index in [9.17, 15) is 9.18 Å². The molecule has 142 valence electrons. The van der Waals surface area contributed by atoms with E-state index in [1.165, 1.54) is 24.3 Å². The van der Waals surface area contributed by atoms with Gasteiger partial charge in [-0.1, -0.05) is 11.6 Å². The van der Waals surface area contributed by atoms with E-state index in [0.717, 1.165) is 0 Å². The third-order valence-electron chi connectivity index (χ3n) is 4.00. The lowest BCUT2D eigenvalue weighted by Crippen LogP contribution is -1.95. The van der Waals surface area contributed by atoms with Gasteiger partial charge in [-0.05, 0) is 60.7 Å². The molecule has 0 N–H and O–H groups in total. The Kier molecular flexibility index (Phi) is 5.04. The van der Waals surface area contributed by atoms with E-state index in [1.807, 2.05) is 0 Å². The molecule has 0 spiro atoms. The molecular weight excluding hydrogens is 387 g/mol. The monoisotopic (exact) mass is 400 g/mol. The molecule has 0 radical (unpaired) electrons. The first-order valence-corrected chi connectivity index (χ1v) is 8.75. The Morgan fingerprint density at radius 2 is 1.96 bits per heavy atom. The molecule has 1 aliphatic heterocycles. The summed E-state index contributed by atoms with van der Waals surface area (Å²) in [4.78, 5) is 12.3. The number of hydrogen-bond donors (Lipinski definition) is 0. The van der Waals surface area contributed by atoms with Gasteiger partial charge < -0.3 is 18.6 Å². The second-order valence-electron chi connectivity index (χ2n) is 5.93. The van der Waals surface area contributed by atoms with Crippen LogP contribution in [-0.4, -0.2) is 12.6 Å². The lowest BCUT2D eigenvalue weighted by Gasteiger charge is -2.05. The predicted molar refractivity (Wildman–Crippen MR) is 100 cm³/mol. The van der Waals surface area contributed by atoms with Gasteiger partial charge in [0.1, 0.15) is 29.7 Å². The first kappa shape index (κ1) is 18.1. The van der Waals surface area contributed by atoms with Crippen LogP contribution in [0.4, 0.5) is 4.39 Å². The fourth-order valence-corrected chi connectivity index (χ4v) is 2.83. The number of allylic oxidation sites excluding steroid dienone is 1. The maximum absolute atomic E-state index is 13.0. The highest BCUT2D eigenvalue weighted by Gasteiger charge is 2.15. The fraction of sp³-hybridized carbons (Fsp3) is 0.0952. The van der Waals surface area contributed by atoms with Crippen LogP contribution in [0, 0.1) is 5.82 Å². The van der Waals surface area contributed by atoms with E-state index in [1.54, 1.807) is 36.4 Å². The summed E-state index contributed by atoms with van der Waals surface area (Å²) in [6.07, 6.45) is 2.99. The third kappa shape index (κ3) is 4.02. The Morgan fingerprint density at radius 3 is 2.82 bits per heavy atom. The highest BCUT2D eigenvalue weighted by Crippen LogP contribution is 2.32. The second-order valence-corrected chi connectivity index (χ2v) is 6.34. The minimum Gasteiger partial charge on any atom is -0.484 e. The molecule has 0 unspecified atom stereocenters. The molecule has 5 nitrogen and oxygen atoms in total. The van der Waals surface area contributed by atoms with Crippen molar-refractivity contribution < 1.29 is 27.8 Å². The molecule has 1 aliphatic rings. The van der Waals surface area contributed by atoms with Crippen molar-refractivity contribution in [1.82, 2.24) is 0 Å². The summed E-state index contributed by atoms with van der Waals surface area (Å²) >= 11 is 5.92. The maximum atomic E-state index is 13.0. The van der Waals surface area contributed by atoms with Crippen LogP contribution >= 0.6 is 11.6 Å². The van der Waals surface area contributed by atoms with E-state index in [0.29, 0.717) is 34.3 Å². The molecule has 3 aromatic rings. The van der Waals surface area contributed by atoms with Crippen molar-refractivity contribution in [3.63, 3.8) is 0 Å². The van der Waals surface area contributed by atoms with Gasteiger partial charge in [0.15, 0.2) is 17.3 Å². The quantitative estimate of drug-likeness (QED) is 0.416. The Morgan fingerprint density at radius 1 is 1.11 bits per heavy atom. The average molecular weight is 401 g/mol. The van der Waals surface area contributed by atoms with Crippen molar-refractivity contribution in [1.29, 1.82) is 0 Å². The van der Waals surface area contributed by atoms with Crippen molar-refractivity contribution in [3.8, 4) is 17.2 Å². The van der Waals surface area contributed by atoms with Crippen LogP contribution in [0.1, 0.15) is 21.9 Å². The summed E-state index contributed by atoms with van der Waals surface area (Å²) in [5.41, 5.74) is 0.488. The van der Waals surface area contributed by atoms with Crippen LogP contribution in [-0.2, 0) is 6.61 Å². The second kappa shape index (κ2) is 7.78. The molecule has 0 atom stereocenters. The van der Waals surface area contributed by atoms with Crippen LogP contribution in [0.5, 0.6) is 17.2 Å². The third-order valence-corrected chi connectivity index (χ3v) is 4.30. The number of rotatable bonds is 6. The van der Waals surface area contributed by atoms with Gasteiger partial charge >= 0.3 is 0 Å². The average Bonchev–Trinajstić information content (AvgIpc) is 3.34. The number of fused-ring (bicyclic) bond motifs is 1. The summed E-state index contributed by atoms with van der Waals surface area (Å²) in [6, 6.07) is 12.3. The van der Waals surface area contributed by atoms with Crippen LogP contribution in [0.3, 0.4) is 0 Å². The van der Waals surface area contributed by atoms with Gasteiger partial charge in [0.05, 0.1) is 5.02 Å². The minimum atomic E-state index is -0.435. The Hall–Kier alpha value is -3.25. The number of ether oxygens (including phenoxy) is 3. The largest absolute Gasteiger partial charge is 0.484 e. The number of furan rings is 1. The number of carbonyl (C=O) groups excluding carboxylic acids is 1. The lowest BCUT2D eigenvalue weighted by atomic mass is 10.1. The molecule has 4 rings (SSSR count). The summed E-state index contributed by atoms with van der Waals surface area (Å²) in [5.74, 6) is 1.94. The molecule has 7 heteroatoms. The van der Waals surface area contributed by atoms with Crippen LogP contribution < -0.4 is 14.2 Å². The SMILES string of the molecule is O=C(/C=C/c1ccc(COc2ccc(F)cc2Cl)o1)c1ccc2c(c1)OCO2. The van der Waals surface area contributed by atoms with Gasteiger partial charge in [0.25, 0.3) is 0 Å². The van der Waals surface area contributed by atoms with E-state index >= 15 is 0 Å². The van der Waals surface area contributed by atoms with E-state index in [-0.39, 0.29) is 24.2 Å². The van der Waals surface area contributed by atoms with Crippen molar-refractivity contribution in [2.24, 2.45) is 0 Å². The first-order valence-electron chi connectivity index (χ1n) is 8.37. The Balaban J connectivity index is 1.38. The number of benzene rings is 2. The topological polar surface area (TPSA) is 57.9 Å². The molecule has 28 heavy (non-hydrogen) atoms. The number of hydrogen-bond acceptors (Lipinski definition) is 5. The summed E-state index contributed by atoms with van der Waals surface area (Å²) < 4.78 is 34.7. The molecule has 0 saturated carbocycles. The number of ketones is 1. The molecule has 0 fully saturated rings. The highest BCUT2D eigenvalue weighted by molar-refractivity contribution is 6.32. The normalized spacial score (nSPS) is 12.5. The standard InChI is InChI=1S/C21H14ClFO5/c22-17-10-14(23)2-8-19(17)25-11-16-4-3-15(28-16)5-6-18(24)13-1-7-20-21(9-13)27-12-26-20/h1-10H,11-12H2/b6-5+. The fourth-order valence-electron chi connectivity index (χ4n) is 2.61. The van der Waals surface area contributed by atoms with E-state index < -0.39 is 5.82 Å². The van der Waals surface area contributed by atoms with E-state index in [4.69, 9.17) is 30.2 Å². The zero-order chi connectivity index (χ0) is 19.5. The summed E-state index contributed by atoms with van der Waals surface area (Å²) in [6.45, 7) is 0.276. The van der Waals surface area contributed by atoms with Gasteiger partial charge in [-0.3, -0.25) is 4.79 Å². The van der Waals surface area contributed by atoms with Crippen molar-refractivity contribution >= 4 is 23.5 Å². The van der Waals surface area contributed by atoms with Crippen LogP contribution in [0.15, 0.2) is 59.0 Å². The van der Waals surface area contributed by atoms with Crippen molar-refractivity contribution in [2.75, 3.05) is 6.79 Å². The molecule has 2 heterocycles. The first-order chi connectivity index (χ1) is 13.6. The van der Waals surface area contributed by atoms with Gasteiger partial charge in [0.2, 0.25) is 6.79 Å². The molecular formula is C21H14ClFO5. The molecule has 1 aromatic heterocycles. The molecule has 2 aromatic carbocycles. The van der Waals surface area contributed by atoms with Crippen molar-refractivity contribution in [2.45, 2.75) is 6.61 Å². The van der Waals surface area contributed by atoms with E-state index in [2.05, 4.69) is 0 Å². The van der Waals surface area contributed by atoms with Crippen LogP contribution in [0.25, 0.3) is 6.08 Å². The number of halogens is 2. The van der Waals surface area contributed by atoms with Gasteiger partial charge in [-0.15, -0.1) is 0 Å². The minimum absolute atomic E-state index is 0.120.